The zero-order chi connectivity index (χ0) is 48.1. The van der Waals surface area contributed by atoms with Crippen LogP contribution in [0.2, 0.25) is 0 Å². The molecule has 0 N–H and O–H groups in total. The van der Waals surface area contributed by atoms with Crippen LogP contribution >= 0.6 is 0 Å². The molecule has 0 saturated heterocycles. The van der Waals surface area contributed by atoms with Crippen LogP contribution in [0.3, 0.4) is 0 Å². The van der Waals surface area contributed by atoms with Crippen LogP contribution < -0.4 is 28.4 Å². The Morgan fingerprint density at radius 1 is 0.333 bits per heavy atom. The summed E-state index contributed by atoms with van der Waals surface area (Å²) in [4.78, 5) is 9.24. The molecule has 2 aliphatic rings. The Morgan fingerprint density at radius 2 is 0.694 bits per heavy atom. The Morgan fingerprint density at radius 3 is 1.11 bits per heavy atom. The summed E-state index contributed by atoms with van der Waals surface area (Å²) in [6.07, 6.45) is 5.84. The minimum Gasteiger partial charge on any atom is -0.489 e. The molecule has 354 valence electrons. The number of hydrogen-bond donors (Lipinski definition) is 0. The van der Waals surface area contributed by atoms with Gasteiger partial charge in [-0.25, -0.2) is 0 Å². The van der Waals surface area contributed by atoms with Gasteiger partial charge in [0.15, 0.2) is 0 Å². The van der Waals surface area contributed by atoms with Crippen molar-refractivity contribution in [2.75, 3.05) is 26.4 Å². The Balaban J connectivity index is 1.02. The fourth-order valence-electron chi connectivity index (χ4n) is 10.3. The van der Waals surface area contributed by atoms with E-state index >= 15 is 0 Å². The summed E-state index contributed by atoms with van der Waals surface area (Å²) in [7, 11) is 0. The summed E-state index contributed by atoms with van der Waals surface area (Å²) in [5.74, 6) is 4.80. The molecule has 0 spiro atoms. The highest BCUT2D eigenvalue weighted by molar-refractivity contribution is 6.09. The molecule has 2 aromatic heterocycles. The van der Waals surface area contributed by atoms with E-state index < -0.39 is 0 Å². The zero-order valence-corrected chi connectivity index (χ0v) is 39.9. The standard InChI is InChI=1S/C64H52N2O6/c1-3-25-55-43(13-1)27-29-57-59(55)60-56-26-4-2-14-44(56)28-30-58(60)68-34-36-70-62-46-16-10-18-48(62)39-50-20-12-22-52(64(50)72-42-54-24-6-8-32-66-54)40-51-21-11-19-49(63(51)71-41-53-23-5-7-31-65-53)38-47-17-9-15-45(37-46)61(47)69-35-33-67-57/h1-32H,33-42H2. The molecule has 72 heavy (non-hydrogen) atoms. The van der Waals surface area contributed by atoms with Crippen molar-refractivity contribution >= 4 is 21.5 Å². The average molecular weight is 945 g/mol. The minimum atomic E-state index is 0.303. The lowest BCUT2D eigenvalue weighted by Gasteiger charge is -2.23. The molecule has 8 nitrogen and oxygen atoms in total. The maximum absolute atomic E-state index is 7.04. The average Bonchev–Trinajstić information content (AvgIpc) is 3.42. The molecule has 12 rings (SSSR count). The number of aromatic nitrogens is 2. The number of benzene rings is 8. The Bertz CT molecular complexity index is 3330. The van der Waals surface area contributed by atoms with Crippen molar-refractivity contribution in [2.45, 2.75) is 38.9 Å². The lowest BCUT2D eigenvalue weighted by atomic mass is 9.91. The Labute approximate surface area is 419 Å². The van der Waals surface area contributed by atoms with Gasteiger partial charge in [0.2, 0.25) is 0 Å². The van der Waals surface area contributed by atoms with Crippen LogP contribution in [-0.2, 0) is 38.9 Å². The van der Waals surface area contributed by atoms with Gasteiger partial charge >= 0.3 is 0 Å². The predicted octanol–water partition coefficient (Wildman–Crippen LogP) is 13.5. The number of nitrogens with zero attached hydrogens (tertiary/aromatic N) is 2. The Hall–Kier alpha value is -8.62. The Kier molecular flexibility index (Phi) is 12.6. The summed E-state index contributed by atoms with van der Waals surface area (Å²) in [5.41, 5.74) is 12.0. The number of pyridine rings is 2. The highest BCUT2D eigenvalue weighted by atomic mass is 16.5. The fraction of sp³-hybridized carbons (Fsp3) is 0.156. The van der Waals surface area contributed by atoms with Crippen LogP contribution in [0.4, 0.5) is 0 Å². The second kappa shape index (κ2) is 20.4. The molecule has 0 saturated carbocycles. The van der Waals surface area contributed by atoms with Crippen molar-refractivity contribution in [2.24, 2.45) is 0 Å². The summed E-state index contributed by atoms with van der Waals surface area (Å²) >= 11 is 0. The molecule has 1 aliphatic carbocycles. The third-order valence-corrected chi connectivity index (χ3v) is 13.6. The van der Waals surface area contributed by atoms with Gasteiger partial charge in [-0.15, -0.1) is 0 Å². The zero-order valence-electron chi connectivity index (χ0n) is 39.9. The van der Waals surface area contributed by atoms with Crippen molar-refractivity contribution in [3.8, 4) is 45.6 Å². The molecular weight excluding hydrogens is 893 g/mol. The maximum atomic E-state index is 7.04. The first-order valence-corrected chi connectivity index (χ1v) is 24.7. The lowest BCUT2D eigenvalue weighted by molar-refractivity contribution is 0.215. The van der Waals surface area contributed by atoms with E-state index in [1.165, 1.54) is 0 Å². The van der Waals surface area contributed by atoms with Gasteiger partial charge < -0.3 is 28.4 Å². The second-order valence-corrected chi connectivity index (χ2v) is 18.3. The van der Waals surface area contributed by atoms with Crippen LogP contribution in [-0.4, -0.2) is 36.4 Å². The second-order valence-electron chi connectivity index (χ2n) is 18.3. The monoisotopic (exact) mass is 944 g/mol. The highest BCUT2D eigenvalue weighted by Gasteiger charge is 2.24. The summed E-state index contributed by atoms with van der Waals surface area (Å²) in [6, 6.07) is 63.0. The summed E-state index contributed by atoms with van der Waals surface area (Å²) in [5, 5.41) is 4.37. The van der Waals surface area contributed by atoms with Gasteiger partial charge in [0, 0.05) is 49.2 Å². The number of rotatable bonds is 6. The van der Waals surface area contributed by atoms with E-state index in [1.54, 1.807) is 12.4 Å². The normalized spacial score (nSPS) is 13.4. The van der Waals surface area contributed by atoms with Crippen LogP contribution in [0.1, 0.15) is 55.9 Å². The number of fused-ring (bicyclic) bond motifs is 11. The van der Waals surface area contributed by atoms with Crippen LogP contribution in [0.25, 0.3) is 32.7 Å². The molecule has 10 aromatic rings. The van der Waals surface area contributed by atoms with E-state index in [4.69, 9.17) is 28.4 Å². The van der Waals surface area contributed by atoms with Crippen LogP contribution in [0.5, 0.6) is 34.5 Å². The smallest absolute Gasteiger partial charge is 0.130 e. The first-order valence-electron chi connectivity index (χ1n) is 24.7. The highest BCUT2D eigenvalue weighted by Crippen LogP contribution is 2.46. The first-order chi connectivity index (χ1) is 35.7. The molecule has 0 atom stereocenters. The molecule has 0 amide bonds. The predicted molar refractivity (Wildman–Crippen MR) is 283 cm³/mol. The number of para-hydroxylation sites is 4. The molecule has 10 bridgehead atoms. The van der Waals surface area contributed by atoms with Crippen molar-refractivity contribution in [3.05, 3.63) is 250 Å². The van der Waals surface area contributed by atoms with E-state index in [0.29, 0.717) is 65.3 Å². The SMILES string of the molecule is c1ccc(COc2c3cccc2Cc2cccc(c2OCc2ccccn2)Cc2cccc4c2OCCOc2ccc5ccccc5c2-c2c(ccc5ccccc25)OCCOc2c(cccc2C3)C4)nc1. The van der Waals surface area contributed by atoms with E-state index in [1.807, 2.05) is 36.4 Å². The van der Waals surface area contributed by atoms with Gasteiger partial charge in [-0.3, -0.25) is 9.97 Å². The van der Waals surface area contributed by atoms with E-state index in [2.05, 4.69) is 156 Å². The van der Waals surface area contributed by atoms with Crippen molar-refractivity contribution < 1.29 is 28.4 Å². The van der Waals surface area contributed by atoms with E-state index in [9.17, 15) is 0 Å². The molecule has 8 aromatic carbocycles. The molecule has 1 aliphatic heterocycles. The topological polar surface area (TPSA) is 81.2 Å². The van der Waals surface area contributed by atoms with Crippen molar-refractivity contribution in [1.82, 2.24) is 9.97 Å². The lowest BCUT2D eigenvalue weighted by Crippen LogP contribution is -2.13. The van der Waals surface area contributed by atoms with Gasteiger partial charge in [-0.2, -0.15) is 0 Å². The molecular formula is C64H52N2O6. The van der Waals surface area contributed by atoms with Crippen molar-refractivity contribution in [1.29, 1.82) is 0 Å². The molecule has 0 fully saturated rings. The quantitative estimate of drug-likeness (QED) is 0.163. The first kappa shape index (κ1) is 44.6. The van der Waals surface area contributed by atoms with E-state index in [0.717, 1.165) is 123 Å². The van der Waals surface area contributed by atoms with Gasteiger partial charge in [0.05, 0.1) is 11.4 Å². The summed E-state index contributed by atoms with van der Waals surface area (Å²) < 4.78 is 41.6. The third-order valence-electron chi connectivity index (χ3n) is 13.6. The van der Waals surface area contributed by atoms with Crippen LogP contribution in [0.15, 0.2) is 194 Å². The molecule has 0 radical (unpaired) electrons. The van der Waals surface area contributed by atoms with E-state index in [-0.39, 0.29) is 0 Å². The minimum absolute atomic E-state index is 0.303. The molecule has 8 heteroatoms. The number of hydrogen-bond acceptors (Lipinski definition) is 8. The van der Waals surface area contributed by atoms with Gasteiger partial charge in [-0.1, -0.05) is 146 Å². The third kappa shape index (κ3) is 9.27. The van der Waals surface area contributed by atoms with Gasteiger partial charge in [0.25, 0.3) is 0 Å². The molecule has 0 unspecified atom stereocenters. The largest absolute Gasteiger partial charge is 0.489 e. The van der Waals surface area contributed by atoms with Crippen molar-refractivity contribution in [3.63, 3.8) is 0 Å². The van der Waals surface area contributed by atoms with Gasteiger partial charge in [0.1, 0.15) is 74.1 Å². The van der Waals surface area contributed by atoms with Gasteiger partial charge in [-0.05, 0) is 102 Å². The summed E-state index contributed by atoms with van der Waals surface area (Å²) in [6.45, 7) is 1.85. The van der Waals surface area contributed by atoms with Crippen LogP contribution in [0, 0.1) is 0 Å². The fourth-order valence-corrected chi connectivity index (χ4v) is 10.3. The maximum Gasteiger partial charge on any atom is 0.130 e. The number of ether oxygens (including phenoxy) is 6. The molecule has 3 heterocycles.